The summed E-state index contributed by atoms with van der Waals surface area (Å²) >= 11 is 0. The third kappa shape index (κ3) is 3.94. The van der Waals surface area contributed by atoms with Crippen LogP contribution in [0.3, 0.4) is 0 Å². The molecule has 1 heterocycles. The van der Waals surface area contributed by atoms with Gasteiger partial charge in [-0.25, -0.2) is 0 Å². The lowest BCUT2D eigenvalue weighted by Gasteiger charge is -2.25. The van der Waals surface area contributed by atoms with Gasteiger partial charge in [-0.1, -0.05) is 39.0 Å². The first-order valence-electron chi connectivity index (χ1n) is 7.30. The summed E-state index contributed by atoms with van der Waals surface area (Å²) in [6.07, 6.45) is 2.97. The summed E-state index contributed by atoms with van der Waals surface area (Å²) in [7, 11) is 0. The van der Waals surface area contributed by atoms with Crippen molar-refractivity contribution in [2.45, 2.75) is 27.2 Å². The molecule has 1 aromatic carbocycles. The Bertz CT molecular complexity index is 546. The molecule has 2 rings (SSSR count). The summed E-state index contributed by atoms with van der Waals surface area (Å²) in [4.78, 5) is 4.42. The molecule has 3 heteroatoms. The molecule has 0 bridgehead atoms. The predicted molar refractivity (Wildman–Crippen MR) is 84.2 cm³/mol. The second-order valence-electron chi connectivity index (χ2n) is 5.96. The van der Waals surface area contributed by atoms with E-state index in [0.29, 0.717) is 6.61 Å². The van der Waals surface area contributed by atoms with Gasteiger partial charge in [-0.05, 0) is 25.1 Å². The van der Waals surface area contributed by atoms with E-state index in [1.807, 2.05) is 24.4 Å². The molecule has 20 heavy (non-hydrogen) atoms. The van der Waals surface area contributed by atoms with Gasteiger partial charge in [-0.2, -0.15) is 0 Å². The summed E-state index contributed by atoms with van der Waals surface area (Å²) < 4.78 is 6.01. The molecule has 2 aromatic rings. The van der Waals surface area contributed by atoms with Crippen LogP contribution in [0.15, 0.2) is 36.5 Å². The average molecular weight is 272 g/mol. The molecular weight excluding hydrogens is 248 g/mol. The molecule has 0 amide bonds. The van der Waals surface area contributed by atoms with Crippen molar-refractivity contribution >= 4 is 10.9 Å². The van der Waals surface area contributed by atoms with Crippen molar-refractivity contribution < 1.29 is 4.74 Å². The fraction of sp³-hybridized carbons (Fsp3) is 0.471. The van der Waals surface area contributed by atoms with Gasteiger partial charge >= 0.3 is 0 Å². The van der Waals surface area contributed by atoms with Gasteiger partial charge in [-0.3, -0.25) is 4.98 Å². The highest BCUT2D eigenvalue weighted by atomic mass is 16.5. The molecule has 0 saturated heterocycles. The fourth-order valence-electron chi connectivity index (χ4n) is 2.12. The van der Waals surface area contributed by atoms with Gasteiger partial charge in [0.2, 0.25) is 0 Å². The van der Waals surface area contributed by atoms with E-state index in [1.54, 1.807) is 0 Å². The highest BCUT2D eigenvalue weighted by molar-refractivity contribution is 5.84. The number of ether oxygens (including phenoxy) is 1. The molecule has 3 nitrogen and oxygen atoms in total. The summed E-state index contributed by atoms with van der Waals surface area (Å²) in [5.41, 5.74) is 1.04. The van der Waals surface area contributed by atoms with Crippen LogP contribution in [-0.2, 0) is 0 Å². The maximum Gasteiger partial charge on any atom is 0.145 e. The Labute approximate surface area is 121 Å². The molecule has 0 aliphatic carbocycles. The topological polar surface area (TPSA) is 34.1 Å². The quantitative estimate of drug-likeness (QED) is 0.781. The lowest BCUT2D eigenvalue weighted by atomic mass is 9.95. The Morgan fingerprint density at radius 3 is 2.80 bits per heavy atom. The van der Waals surface area contributed by atoms with E-state index >= 15 is 0 Å². The van der Waals surface area contributed by atoms with Crippen LogP contribution >= 0.6 is 0 Å². The van der Waals surface area contributed by atoms with Crippen LogP contribution in [0.2, 0.25) is 0 Å². The molecule has 0 fully saturated rings. The molecule has 0 spiro atoms. The molecule has 0 aliphatic heterocycles. The third-order valence-electron chi connectivity index (χ3n) is 3.24. The number of hydrogen-bond donors (Lipinski definition) is 1. The zero-order valence-electron chi connectivity index (χ0n) is 12.6. The normalized spacial score (nSPS) is 11.8. The van der Waals surface area contributed by atoms with Gasteiger partial charge in [0.15, 0.2) is 0 Å². The summed E-state index contributed by atoms with van der Waals surface area (Å²) in [6, 6.07) is 10.1. The lowest BCUT2D eigenvalue weighted by Crippen LogP contribution is -2.34. The monoisotopic (exact) mass is 272 g/mol. The van der Waals surface area contributed by atoms with Crippen molar-refractivity contribution in [2.75, 3.05) is 19.7 Å². The molecule has 0 radical (unpaired) electrons. The number of benzene rings is 1. The Kier molecular flexibility index (Phi) is 4.96. The number of aromatic nitrogens is 1. The van der Waals surface area contributed by atoms with Gasteiger partial charge in [-0.15, -0.1) is 0 Å². The Morgan fingerprint density at radius 1 is 1.20 bits per heavy atom. The summed E-state index contributed by atoms with van der Waals surface area (Å²) in [5.74, 6) is 0.867. The smallest absolute Gasteiger partial charge is 0.145 e. The van der Waals surface area contributed by atoms with E-state index in [4.69, 9.17) is 4.74 Å². The first-order valence-corrected chi connectivity index (χ1v) is 7.30. The number of para-hydroxylation sites is 1. The van der Waals surface area contributed by atoms with Crippen LogP contribution in [0.4, 0.5) is 0 Å². The number of nitrogens with one attached hydrogen (secondary N) is 1. The number of nitrogens with zero attached hydrogens (tertiary/aromatic N) is 1. The minimum Gasteiger partial charge on any atom is -0.491 e. The minimum absolute atomic E-state index is 0.103. The van der Waals surface area contributed by atoms with Crippen molar-refractivity contribution in [1.29, 1.82) is 0 Å². The Morgan fingerprint density at radius 2 is 2.00 bits per heavy atom. The molecule has 0 aliphatic rings. The standard InChI is InChI=1S/C17H24N2O/c1-4-10-18-12-17(2,3)13-20-15-9-5-7-14-8-6-11-19-16(14)15/h5-9,11,18H,4,10,12-13H2,1-3H3. The molecule has 1 aromatic heterocycles. The van der Waals surface area contributed by atoms with Crippen LogP contribution in [0.1, 0.15) is 27.2 Å². The molecule has 0 unspecified atom stereocenters. The number of fused-ring (bicyclic) bond motifs is 1. The first-order chi connectivity index (χ1) is 9.62. The second kappa shape index (κ2) is 6.71. The SMILES string of the molecule is CCCNCC(C)(C)COc1cccc2cccnc12. The van der Waals surface area contributed by atoms with E-state index in [2.05, 4.69) is 43.2 Å². The Balaban J connectivity index is 2.02. The van der Waals surface area contributed by atoms with Gasteiger partial charge in [0.1, 0.15) is 11.3 Å². The number of rotatable bonds is 7. The van der Waals surface area contributed by atoms with E-state index in [-0.39, 0.29) is 5.41 Å². The lowest BCUT2D eigenvalue weighted by molar-refractivity contribution is 0.178. The predicted octanol–water partition coefficient (Wildman–Crippen LogP) is 3.64. The van der Waals surface area contributed by atoms with Crippen LogP contribution in [0, 0.1) is 5.41 Å². The van der Waals surface area contributed by atoms with Crippen LogP contribution in [0.25, 0.3) is 10.9 Å². The molecule has 108 valence electrons. The van der Waals surface area contributed by atoms with Gasteiger partial charge in [0, 0.05) is 23.5 Å². The van der Waals surface area contributed by atoms with Crippen molar-refractivity contribution in [2.24, 2.45) is 5.41 Å². The number of hydrogen-bond acceptors (Lipinski definition) is 3. The summed E-state index contributed by atoms with van der Waals surface area (Å²) in [5, 5.41) is 4.57. The highest BCUT2D eigenvalue weighted by Gasteiger charge is 2.19. The Hall–Kier alpha value is -1.61. The van der Waals surface area contributed by atoms with Crippen molar-refractivity contribution in [3.63, 3.8) is 0 Å². The van der Waals surface area contributed by atoms with Crippen LogP contribution in [-0.4, -0.2) is 24.7 Å². The van der Waals surface area contributed by atoms with Gasteiger partial charge < -0.3 is 10.1 Å². The molecular formula is C17H24N2O. The van der Waals surface area contributed by atoms with Crippen molar-refractivity contribution in [3.8, 4) is 5.75 Å². The zero-order valence-corrected chi connectivity index (χ0v) is 12.6. The highest BCUT2D eigenvalue weighted by Crippen LogP contribution is 2.25. The zero-order chi connectivity index (χ0) is 14.4. The summed E-state index contributed by atoms with van der Waals surface area (Å²) in [6.45, 7) is 9.30. The van der Waals surface area contributed by atoms with Crippen molar-refractivity contribution in [3.05, 3.63) is 36.5 Å². The first kappa shape index (κ1) is 14.8. The van der Waals surface area contributed by atoms with Gasteiger partial charge in [0.25, 0.3) is 0 Å². The van der Waals surface area contributed by atoms with E-state index in [0.717, 1.165) is 36.2 Å². The molecule has 0 atom stereocenters. The van der Waals surface area contributed by atoms with Crippen molar-refractivity contribution in [1.82, 2.24) is 10.3 Å². The minimum atomic E-state index is 0.103. The molecule has 0 saturated carbocycles. The van der Waals surface area contributed by atoms with Crippen LogP contribution < -0.4 is 10.1 Å². The number of pyridine rings is 1. The molecule has 1 N–H and O–H groups in total. The maximum atomic E-state index is 6.01. The second-order valence-corrected chi connectivity index (χ2v) is 5.96. The average Bonchev–Trinajstić information content (AvgIpc) is 2.45. The maximum absolute atomic E-state index is 6.01. The third-order valence-corrected chi connectivity index (χ3v) is 3.24. The van der Waals surface area contributed by atoms with E-state index in [9.17, 15) is 0 Å². The van der Waals surface area contributed by atoms with E-state index in [1.165, 1.54) is 0 Å². The van der Waals surface area contributed by atoms with Crippen LogP contribution in [0.5, 0.6) is 5.75 Å². The van der Waals surface area contributed by atoms with Gasteiger partial charge in [0.05, 0.1) is 6.61 Å². The van der Waals surface area contributed by atoms with E-state index < -0.39 is 0 Å². The largest absolute Gasteiger partial charge is 0.491 e. The fourth-order valence-corrected chi connectivity index (χ4v) is 2.12.